The van der Waals surface area contributed by atoms with Gasteiger partial charge in [-0.15, -0.1) is 0 Å². The molecule has 0 saturated heterocycles. The molecule has 0 aliphatic heterocycles. The molecule has 0 saturated carbocycles. The molecular weight excluding hydrogens is 282 g/mol. The van der Waals surface area contributed by atoms with Crippen molar-refractivity contribution in [3.05, 3.63) is 0 Å². The Labute approximate surface area is 135 Å². The number of carbonyl (C=O) groups is 2. The Balaban J connectivity index is 4.81. The normalized spacial score (nSPS) is 15.1. The van der Waals surface area contributed by atoms with E-state index >= 15 is 0 Å². The predicted molar refractivity (Wildman–Crippen MR) is 87.3 cm³/mol. The molecule has 1 atom stereocenters. The summed E-state index contributed by atoms with van der Waals surface area (Å²) in [5.74, 6) is -0.505. The van der Waals surface area contributed by atoms with Gasteiger partial charge >= 0.3 is 11.9 Å². The molecule has 0 bridgehead atoms. The van der Waals surface area contributed by atoms with E-state index in [9.17, 15) is 9.59 Å². The van der Waals surface area contributed by atoms with Crippen molar-refractivity contribution in [1.29, 1.82) is 0 Å². The van der Waals surface area contributed by atoms with Gasteiger partial charge in [0, 0.05) is 0 Å². The molecule has 0 amide bonds. The third kappa shape index (κ3) is 6.77. The molecule has 0 aromatic carbocycles. The van der Waals surface area contributed by atoms with Gasteiger partial charge in [0.1, 0.15) is 13.2 Å². The smallest absolute Gasteiger partial charge is 0.312 e. The van der Waals surface area contributed by atoms with Crippen LogP contribution >= 0.6 is 0 Å². The maximum atomic E-state index is 12.5. The Hall–Kier alpha value is -1.10. The Morgan fingerprint density at radius 3 is 1.91 bits per heavy atom. The number of quaternary nitrogens is 1. The summed E-state index contributed by atoms with van der Waals surface area (Å²) in [6.07, 6.45) is 1.04. The molecule has 0 heterocycles. The summed E-state index contributed by atoms with van der Waals surface area (Å²) >= 11 is 0. The van der Waals surface area contributed by atoms with Gasteiger partial charge in [-0.05, 0) is 40.5 Å². The minimum Gasteiger partial charge on any atom is -0.466 e. The van der Waals surface area contributed by atoms with Crippen molar-refractivity contribution < 1.29 is 23.5 Å². The Kier molecular flexibility index (Phi) is 7.55. The molecule has 1 unspecified atom stereocenters. The first kappa shape index (κ1) is 20.9. The van der Waals surface area contributed by atoms with Crippen molar-refractivity contribution in [3.63, 3.8) is 0 Å². The average molecular weight is 316 g/mol. The number of hydrogen-bond donors (Lipinski definition) is 0. The predicted octanol–water partition coefficient (Wildman–Crippen LogP) is 2.63. The molecule has 0 rings (SSSR count). The number of hydrogen-bond acceptors (Lipinski definition) is 4. The van der Waals surface area contributed by atoms with Crippen LogP contribution in [0.25, 0.3) is 0 Å². The molecule has 0 radical (unpaired) electrons. The van der Waals surface area contributed by atoms with Gasteiger partial charge in [-0.1, -0.05) is 6.92 Å². The molecule has 5 nitrogen and oxygen atoms in total. The van der Waals surface area contributed by atoms with Crippen molar-refractivity contribution in [2.75, 3.05) is 40.9 Å². The first-order valence-electron chi connectivity index (χ1n) is 8.03. The molecule has 0 aliphatic carbocycles. The maximum Gasteiger partial charge on any atom is 0.312 e. The lowest BCUT2D eigenvalue weighted by Crippen LogP contribution is -2.41. The van der Waals surface area contributed by atoms with Gasteiger partial charge in [-0.2, -0.15) is 0 Å². The van der Waals surface area contributed by atoms with Gasteiger partial charge in [0.15, 0.2) is 0 Å². The van der Waals surface area contributed by atoms with E-state index in [-0.39, 0.29) is 11.9 Å². The Bertz CT molecular complexity index is 385. The Morgan fingerprint density at radius 1 is 0.955 bits per heavy atom. The molecule has 0 N–H and O–H groups in total. The van der Waals surface area contributed by atoms with Gasteiger partial charge < -0.3 is 14.0 Å². The van der Waals surface area contributed by atoms with E-state index in [0.29, 0.717) is 26.1 Å². The fourth-order valence-electron chi connectivity index (χ4n) is 2.30. The van der Waals surface area contributed by atoms with E-state index in [1.54, 1.807) is 6.92 Å². The second-order valence-electron chi connectivity index (χ2n) is 7.85. The van der Waals surface area contributed by atoms with Crippen molar-refractivity contribution in [1.82, 2.24) is 0 Å². The molecule has 130 valence electrons. The summed E-state index contributed by atoms with van der Waals surface area (Å²) in [7, 11) is 6.16. The van der Waals surface area contributed by atoms with Crippen LogP contribution in [0.1, 0.15) is 47.5 Å². The summed E-state index contributed by atoms with van der Waals surface area (Å²) in [6, 6.07) is 0. The van der Waals surface area contributed by atoms with Crippen LogP contribution in [0.5, 0.6) is 0 Å². The Morgan fingerprint density at radius 2 is 1.50 bits per heavy atom. The highest BCUT2D eigenvalue weighted by atomic mass is 16.5. The lowest BCUT2D eigenvalue weighted by atomic mass is 9.72. The molecule has 22 heavy (non-hydrogen) atoms. The van der Waals surface area contributed by atoms with Crippen molar-refractivity contribution in [2.24, 2.45) is 10.8 Å². The summed E-state index contributed by atoms with van der Waals surface area (Å²) in [5.41, 5.74) is -1.39. The monoisotopic (exact) mass is 316 g/mol. The van der Waals surface area contributed by atoms with Crippen LogP contribution in [0, 0.1) is 10.8 Å². The van der Waals surface area contributed by atoms with Crippen molar-refractivity contribution >= 4 is 11.9 Å². The number of ether oxygens (including phenoxy) is 2. The molecule has 0 aromatic heterocycles. The topological polar surface area (TPSA) is 52.6 Å². The van der Waals surface area contributed by atoms with E-state index in [1.165, 1.54) is 0 Å². The fourth-order valence-corrected chi connectivity index (χ4v) is 2.30. The summed E-state index contributed by atoms with van der Waals surface area (Å²) in [6.45, 7) is 10.7. The van der Waals surface area contributed by atoms with Gasteiger partial charge in [-0.3, -0.25) is 9.59 Å². The van der Waals surface area contributed by atoms with E-state index in [4.69, 9.17) is 9.47 Å². The third-order valence-corrected chi connectivity index (χ3v) is 3.93. The molecular formula is C17H34NO4+. The van der Waals surface area contributed by atoms with Crippen molar-refractivity contribution in [2.45, 2.75) is 47.5 Å². The van der Waals surface area contributed by atoms with Crippen LogP contribution in [0.4, 0.5) is 0 Å². The molecule has 0 aromatic rings. The van der Waals surface area contributed by atoms with E-state index in [2.05, 4.69) is 21.1 Å². The highest BCUT2D eigenvalue weighted by Crippen LogP contribution is 2.38. The van der Waals surface area contributed by atoms with Crippen molar-refractivity contribution in [3.8, 4) is 0 Å². The van der Waals surface area contributed by atoms with Crippen LogP contribution in [-0.2, 0) is 19.1 Å². The molecule has 0 spiro atoms. The first-order chi connectivity index (χ1) is 9.88. The molecule has 0 fully saturated rings. The second-order valence-corrected chi connectivity index (χ2v) is 7.85. The lowest BCUT2D eigenvalue weighted by molar-refractivity contribution is -0.870. The number of likely N-dealkylation sites (N-methyl/N-ethyl adjacent to an activating group) is 1. The summed E-state index contributed by atoms with van der Waals surface area (Å²) in [5, 5.41) is 0. The van der Waals surface area contributed by atoms with E-state index < -0.39 is 10.8 Å². The third-order valence-electron chi connectivity index (χ3n) is 3.93. The second kappa shape index (κ2) is 7.95. The fraction of sp³-hybridized carbons (Fsp3) is 0.882. The van der Waals surface area contributed by atoms with Gasteiger partial charge in [-0.25, -0.2) is 0 Å². The highest BCUT2D eigenvalue weighted by molar-refractivity contribution is 5.80. The van der Waals surface area contributed by atoms with E-state index in [0.717, 1.165) is 11.0 Å². The van der Waals surface area contributed by atoms with Gasteiger partial charge in [0.25, 0.3) is 0 Å². The SMILES string of the molecule is CCOC(=O)C(C)(C)CC(C)(CC)C(=O)OCC[N+](C)(C)C. The zero-order chi connectivity index (χ0) is 17.6. The van der Waals surface area contributed by atoms with Crippen LogP contribution in [0.15, 0.2) is 0 Å². The van der Waals surface area contributed by atoms with Crippen LogP contribution in [0.3, 0.4) is 0 Å². The molecule has 5 heteroatoms. The first-order valence-corrected chi connectivity index (χ1v) is 8.03. The van der Waals surface area contributed by atoms with Crippen LogP contribution in [0.2, 0.25) is 0 Å². The number of nitrogens with zero attached hydrogens (tertiary/aromatic N) is 1. The highest BCUT2D eigenvalue weighted by Gasteiger charge is 2.42. The standard InChI is InChI=1S/C17H34NO4/c1-9-17(5,13-16(3,4)14(19)21-10-2)15(20)22-12-11-18(6,7)8/h9-13H2,1-8H3/q+1. The van der Waals surface area contributed by atoms with Gasteiger partial charge in [0.2, 0.25) is 0 Å². The van der Waals surface area contributed by atoms with E-state index in [1.807, 2.05) is 27.7 Å². The number of carbonyl (C=O) groups excluding carboxylic acids is 2. The summed E-state index contributed by atoms with van der Waals surface area (Å²) < 4.78 is 11.3. The lowest BCUT2D eigenvalue weighted by Gasteiger charge is -2.34. The zero-order valence-corrected chi connectivity index (χ0v) is 15.6. The molecule has 0 aliphatic rings. The maximum absolute atomic E-state index is 12.5. The average Bonchev–Trinajstić information content (AvgIpc) is 2.36. The summed E-state index contributed by atoms with van der Waals surface area (Å²) in [4.78, 5) is 24.5. The zero-order valence-electron chi connectivity index (χ0n) is 15.6. The minimum atomic E-state index is -0.708. The largest absolute Gasteiger partial charge is 0.466 e. The van der Waals surface area contributed by atoms with Crippen LogP contribution in [-0.4, -0.2) is 57.3 Å². The minimum absolute atomic E-state index is 0.235. The van der Waals surface area contributed by atoms with Crippen LogP contribution < -0.4 is 0 Å². The number of rotatable bonds is 9. The van der Waals surface area contributed by atoms with Gasteiger partial charge in [0.05, 0.1) is 38.6 Å². The number of esters is 2. The quantitative estimate of drug-likeness (QED) is 0.485.